The van der Waals surface area contributed by atoms with Crippen LogP contribution in [0.5, 0.6) is 0 Å². The molecule has 2 aromatic rings. The fourth-order valence-electron chi connectivity index (χ4n) is 3.33. The fourth-order valence-corrected chi connectivity index (χ4v) is 3.33. The summed E-state index contributed by atoms with van der Waals surface area (Å²) in [7, 11) is 0. The number of carbonyl (C=O) groups is 1. The Morgan fingerprint density at radius 3 is 2.91 bits per heavy atom. The Morgan fingerprint density at radius 1 is 1.41 bits per heavy atom. The molecule has 0 saturated carbocycles. The number of fused-ring (bicyclic) bond motifs is 1. The van der Waals surface area contributed by atoms with Gasteiger partial charge in [0, 0.05) is 30.8 Å². The lowest BCUT2D eigenvalue weighted by molar-refractivity contribution is -0.137. The van der Waals surface area contributed by atoms with E-state index in [0.717, 1.165) is 37.3 Å². The van der Waals surface area contributed by atoms with Crippen LogP contribution in [0.25, 0.3) is 0 Å². The maximum absolute atomic E-state index is 11.3. The molecule has 22 heavy (non-hydrogen) atoms. The maximum Gasteiger partial charge on any atom is 0.304 e. The van der Waals surface area contributed by atoms with Crippen LogP contribution < -0.4 is 0 Å². The third kappa shape index (κ3) is 3.21. The second kappa shape index (κ2) is 6.34. The Morgan fingerprint density at radius 2 is 2.18 bits per heavy atom. The molecule has 0 spiro atoms. The van der Waals surface area contributed by atoms with Crippen molar-refractivity contribution in [1.82, 2.24) is 9.55 Å². The number of hydrogen-bond donors (Lipinski definition) is 1. The van der Waals surface area contributed by atoms with Crippen molar-refractivity contribution >= 4 is 5.97 Å². The van der Waals surface area contributed by atoms with Gasteiger partial charge in [-0.15, -0.1) is 0 Å². The van der Waals surface area contributed by atoms with Crippen molar-refractivity contribution in [2.75, 3.05) is 0 Å². The minimum Gasteiger partial charge on any atom is -0.481 e. The van der Waals surface area contributed by atoms with Gasteiger partial charge in [0.1, 0.15) is 5.82 Å². The summed E-state index contributed by atoms with van der Waals surface area (Å²) >= 11 is 0. The third-order valence-electron chi connectivity index (χ3n) is 4.51. The Balaban J connectivity index is 1.88. The molecule has 4 heteroatoms. The van der Waals surface area contributed by atoms with Gasteiger partial charge in [-0.2, -0.15) is 0 Å². The molecule has 1 N–H and O–H groups in total. The molecule has 0 fully saturated rings. The van der Waals surface area contributed by atoms with E-state index in [2.05, 4.69) is 28.6 Å². The van der Waals surface area contributed by atoms with Crippen LogP contribution in [0, 0.1) is 5.92 Å². The number of aliphatic carboxylic acids is 1. The average Bonchev–Trinajstić information content (AvgIpc) is 2.90. The summed E-state index contributed by atoms with van der Waals surface area (Å²) in [4.78, 5) is 15.8. The molecule has 0 amide bonds. The molecule has 0 saturated heterocycles. The number of hydrogen-bond acceptors (Lipinski definition) is 2. The summed E-state index contributed by atoms with van der Waals surface area (Å²) in [5, 5.41) is 9.28. The molecule has 1 aromatic carbocycles. The van der Waals surface area contributed by atoms with E-state index >= 15 is 0 Å². The summed E-state index contributed by atoms with van der Waals surface area (Å²) in [6.07, 6.45) is 4.92. The van der Waals surface area contributed by atoms with Crippen molar-refractivity contribution in [3.05, 3.63) is 53.6 Å². The molecule has 4 nitrogen and oxygen atoms in total. The SMILES string of the molecule is CC1CCn2c(C(CC(=O)O)Cc3ccccc3)cnc2C1. The standard InChI is InChI=1S/C18H22N2O2/c1-13-7-8-20-16(12-19-17(20)9-13)15(11-18(21)22)10-14-5-3-2-4-6-14/h2-6,12-13,15H,7-11H2,1H3,(H,21,22). The molecule has 0 aliphatic carbocycles. The van der Waals surface area contributed by atoms with Crippen LogP contribution in [-0.4, -0.2) is 20.6 Å². The van der Waals surface area contributed by atoms with Gasteiger partial charge >= 0.3 is 5.97 Å². The van der Waals surface area contributed by atoms with Crippen LogP contribution in [0.3, 0.4) is 0 Å². The van der Waals surface area contributed by atoms with Gasteiger partial charge in [0.25, 0.3) is 0 Å². The summed E-state index contributed by atoms with van der Waals surface area (Å²) in [6.45, 7) is 3.20. The summed E-state index contributed by atoms with van der Waals surface area (Å²) in [6, 6.07) is 10.1. The van der Waals surface area contributed by atoms with Crippen molar-refractivity contribution in [2.45, 2.75) is 45.1 Å². The first-order valence-corrected chi connectivity index (χ1v) is 7.93. The van der Waals surface area contributed by atoms with E-state index in [4.69, 9.17) is 0 Å². The number of imidazole rings is 1. The highest BCUT2D eigenvalue weighted by atomic mass is 16.4. The van der Waals surface area contributed by atoms with Crippen molar-refractivity contribution in [3.8, 4) is 0 Å². The molecule has 1 aliphatic heterocycles. The van der Waals surface area contributed by atoms with Crippen molar-refractivity contribution in [1.29, 1.82) is 0 Å². The molecule has 1 aliphatic rings. The molecular formula is C18H22N2O2. The highest BCUT2D eigenvalue weighted by molar-refractivity contribution is 5.68. The maximum atomic E-state index is 11.3. The zero-order chi connectivity index (χ0) is 15.5. The van der Waals surface area contributed by atoms with Crippen LogP contribution in [0.4, 0.5) is 0 Å². The highest BCUT2D eigenvalue weighted by Crippen LogP contribution is 2.29. The predicted octanol–water partition coefficient (Wildman–Crippen LogP) is 3.27. The number of carboxylic acids is 1. The number of benzene rings is 1. The van der Waals surface area contributed by atoms with Crippen LogP contribution >= 0.6 is 0 Å². The van der Waals surface area contributed by atoms with E-state index in [1.54, 1.807) is 0 Å². The van der Waals surface area contributed by atoms with Gasteiger partial charge in [-0.05, 0) is 24.3 Å². The fraction of sp³-hybridized carbons (Fsp3) is 0.444. The Labute approximate surface area is 130 Å². The van der Waals surface area contributed by atoms with Gasteiger partial charge in [-0.25, -0.2) is 4.98 Å². The number of rotatable bonds is 5. The molecule has 0 bridgehead atoms. The van der Waals surface area contributed by atoms with E-state index in [9.17, 15) is 9.90 Å². The van der Waals surface area contributed by atoms with Gasteiger partial charge < -0.3 is 9.67 Å². The van der Waals surface area contributed by atoms with Crippen molar-refractivity contribution < 1.29 is 9.90 Å². The lowest BCUT2D eigenvalue weighted by Crippen LogP contribution is -2.21. The number of aromatic nitrogens is 2. The minimum atomic E-state index is -0.749. The molecule has 2 unspecified atom stereocenters. The number of carboxylic acid groups (broad SMARTS) is 1. The normalized spacial score (nSPS) is 18.7. The first-order chi connectivity index (χ1) is 10.6. The molecular weight excluding hydrogens is 276 g/mol. The predicted molar refractivity (Wildman–Crippen MR) is 84.9 cm³/mol. The Bertz CT molecular complexity index is 648. The van der Waals surface area contributed by atoms with E-state index in [0.29, 0.717) is 5.92 Å². The van der Waals surface area contributed by atoms with Gasteiger partial charge in [-0.1, -0.05) is 37.3 Å². The van der Waals surface area contributed by atoms with Crippen molar-refractivity contribution in [2.24, 2.45) is 5.92 Å². The zero-order valence-electron chi connectivity index (χ0n) is 12.9. The van der Waals surface area contributed by atoms with Gasteiger partial charge in [0.2, 0.25) is 0 Å². The third-order valence-corrected chi connectivity index (χ3v) is 4.51. The monoisotopic (exact) mass is 298 g/mol. The molecule has 0 radical (unpaired) electrons. The second-order valence-electron chi connectivity index (χ2n) is 6.33. The van der Waals surface area contributed by atoms with Crippen LogP contribution in [0.1, 0.15) is 42.8 Å². The lowest BCUT2D eigenvalue weighted by atomic mass is 9.92. The van der Waals surface area contributed by atoms with Crippen LogP contribution in [-0.2, 0) is 24.2 Å². The van der Waals surface area contributed by atoms with Gasteiger partial charge in [-0.3, -0.25) is 4.79 Å². The van der Waals surface area contributed by atoms with Gasteiger partial charge in [0.15, 0.2) is 0 Å². The highest BCUT2D eigenvalue weighted by Gasteiger charge is 2.25. The summed E-state index contributed by atoms with van der Waals surface area (Å²) < 4.78 is 2.25. The summed E-state index contributed by atoms with van der Waals surface area (Å²) in [5.41, 5.74) is 2.25. The van der Waals surface area contributed by atoms with E-state index < -0.39 is 5.97 Å². The Kier molecular flexibility index (Phi) is 4.27. The second-order valence-corrected chi connectivity index (χ2v) is 6.33. The first-order valence-electron chi connectivity index (χ1n) is 7.93. The first kappa shape index (κ1) is 14.8. The molecule has 1 aromatic heterocycles. The molecule has 3 rings (SSSR count). The van der Waals surface area contributed by atoms with Crippen molar-refractivity contribution in [3.63, 3.8) is 0 Å². The topological polar surface area (TPSA) is 55.1 Å². The largest absolute Gasteiger partial charge is 0.481 e. The molecule has 116 valence electrons. The lowest BCUT2D eigenvalue weighted by Gasteiger charge is -2.24. The molecule has 2 atom stereocenters. The van der Waals surface area contributed by atoms with E-state index in [-0.39, 0.29) is 12.3 Å². The van der Waals surface area contributed by atoms with Crippen LogP contribution in [0.2, 0.25) is 0 Å². The van der Waals surface area contributed by atoms with Gasteiger partial charge in [0.05, 0.1) is 6.42 Å². The van der Waals surface area contributed by atoms with E-state index in [1.807, 2.05) is 24.4 Å². The quantitative estimate of drug-likeness (QED) is 0.921. The average molecular weight is 298 g/mol. The smallest absolute Gasteiger partial charge is 0.304 e. The number of nitrogens with zero attached hydrogens (tertiary/aromatic N) is 2. The Hall–Kier alpha value is -2.10. The van der Waals surface area contributed by atoms with Crippen LogP contribution in [0.15, 0.2) is 36.5 Å². The van der Waals surface area contributed by atoms with E-state index in [1.165, 1.54) is 5.56 Å². The zero-order valence-corrected chi connectivity index (χ0v) is 12.9. The summed E-state index contributed by atoms with van der Waals surface area (Å²) in [5.74, 6) is 1.00. The minimum absolute atomic E-state index is 0.0189. The molecule has 2 heterocycles.